The van der Waals surface area contributed by atoms with Crippen LogP contribution in [-0.2, 0) is 6.54 Å². The van der Waals surface area contributed by atoms with Crippen LogP contribution in [-0.4, -0.2) is 14.2 Å². The van der Waals surface area contributed by atoms with Gasteiger partial charge in [-0.15, -0.1) is 0 Å². The van der Waals surface area contributed by atoms with E-state index in [9.17, 15) is 4.39 Å². The highest BCUT2D eigenvalue weighted by atomic mass is 19.1. The quantitative estimate of drug-likeness (QED) is 0.893. The van der Waals surface area contributed by atoms with Gasteiger partial charge in [0.1, 0.15) is 11.6 Å². The van der Waals surface area contributed by atoms with Crippen LogP contribution in [0.4, 0.5) is 4.39 Å². The largest absolute Gasteiger partial charge is 0.497 e. The van der Waals surface area contributed by atoms with Crippen molar-refractivity contribution in [3.05, 3.63) is 53.8 Å². The molecule has 0 spiro atoms. The zero-order chi connectivity index (χ0) is 13.0. The first kappa shape index (κ1) is 12.6. The van der Waals surface area contributed by atoms with Crippen LogP contribution in [0.25, 0.3) is 11.1 Å². The molecule has 18 heavy (non-hydrogen) atoms. The lowest BCUT2D eigenvalue weighted by molar-refractivity contribution is 0.414. The van der Waals surface area contributed by atoms with Crippen molar-refractivity contribution in [2.75, 3.05) is 14.2 Å². The minimum atomic E-state index is -0.220. The Hall–Kier alpha value is -1.87. The Morgan fingerprint density at radius 3 is 2.44 bits per heavy atom. The maximum absolute atomic E-state index is 12.9. The van der Waals surface area contributed by atoms with Crippen molar-refractivity contribution < 1.29 is 9.13 Å². The molecule has 2 rings (SSSR count). The van der Waals surface area contributed by atoms with Crippen LogP contribution in [0, 0.1) is 5.82 Å². The molecule has 0 amide bonds. The van der Waals surface area contributed by atoms with E-state index in [1.54, 1.807) is 19.2 Å². The number of methoxy groups -OCH3 is 1. The smallest absolute Gasteiger partial charge is 0.123 e. The van der Waals surface area contributed by atoms with Crippen LogP contribution >= 0.6 is 0 Å². The molecule has 0 fully saturated rings. The Labute approximate surface area is 106 Å². The molecule has 0 atom stereocenters. The fourth-order valence-electron chi connectivity index (χ4n) is 1.94. The molecular weight excluding hydrogens is 229 g/mol. The zero-order valence-corrected chi connectivity index (χ0v) is 10.5. The van der Waals surface area contributed by atoms with Crippen molar-refractivity contribution in [2.45, 2.75) is 6.54 Å². The van der Waals surface area contributed by atoms with Gasteiger partial charge in [-0.3, -0.25) is 0 Å². The lowest BCUT2D eigenvalue weighted by Crippen LogP contribution is -2.06. The van der Waals surface area contributed by atoms with Crippen molar-refractivity contribution in [1.82, 2.24) is 5.32 Å². The summed E-state index contributed by atoms with van der Waals surface area (Å²) < 4.78 is 18.2. The minimum Gasteiger partial charge on any atom is -0.497 e. The van der Waals surface area contributed by atoms with Crippen molar-refractivity contribution in [1.29, 1.82) is 0 Å². The van der Waals surface area contributed by atoms with Gasteiger partial charge in [0.05, 0.1) is 7.11 Å². The molecule has 0 aliphatic heterocycles. The highest BCUT2D eigenvalue weighted by Crippen LogP contribution is 2.27. The molecule has 0 aliphatic rings. The highest BCUT2D eigenvalue weighted by molar-refractivity contribution is 5.68. The third kappa shape index (κ3) is 2.68. The van der Waals surface area contributed by atoms with E-state index >= 15 is 0 Å². The molecule has 0 heterocycles. The van der Waals surface area contributed by atoms with E-state index in [2.05, 4.69) is 5.32 Å². The Balaban J connectivity index is 2.45. The number of hydrogen-bond donors (Lipinski definition) is 1. The summed E-state index contributed by atoms with van der Waals surface area (Å²) in [6, 6.07) is 12.4. The lowest BCUT2D eigenvalue weighted by Gasteiger charge is -2.11. The third-order valence-electron chi connectivity index (χ3n) is 2.83. The van der Waals surface area contributed by atoms with Gasteiger partial charge in [-0.2, -0.15) is 0 Å². The van der Waals surface area contributed by atoms with Crippen LogP contribution in [0.5, 0.6) is 5.75 Å². The second-order valence-corrected chi connectivity index (χ2v) is 4.06. The molecule has 2 nitrogen and oxygen atoms in total. The highest BCUT2D eigenvalue weighted by Gasteiger charge is 2.06. The van der Waals surface area contributed by atoms with E-state index in [0.717, 1.165) is 29.0 Å². The van der Waals surface area contributed by atoms with Crippen molar-refractivity contribution in [3.8, 4) is 16.9 Å². The summed E-state index contributed by atoms with van der Waals surface area (Å²) in [6.07, 6.45) is 0. The fraction of sp³-hybridized carbons (Fsp3) is 0.200. The van der Waals surface area contributed by atoms with E-state index in [1.165, 1.54) is 12.1 Å². The number of benzene rings is 2. The van der Waals surface area contributed by atoms with Crippen LogP contribution < -0.4 is 10.1 Å². The first-order valence-corrected chi connectivity index (χ1v) is 5.82. The van der Waals surface area contributed by atoms with Gasteiger partial charge in [-0.25, -0.2) is 4.39 Å². The van der Waals surface area contributed by atoms with Crippen LogP contribution in [0.1, 0.15) is 5.56 Å². The average molecular weight is 245 g/mol. The van der Waals surface area contributed by atoms with Gasteiger partial charge in [0, 0.05) is 6.54 Å². The summed E-state index contributed by atoms with van der Waals surface area (Å²) in [4.78, 5) is 0. The molecule has 1 N–H and O–H groups in total. The van der Waals surface area contributed by atoms with Gasteiger partial charge < -0.3 is 10.1 Å². The first-order valence-electron chi connectivity index (χ1n) is 5.82. The van der Waals surface area contributed by atoms with E-state index < -0.39 is 0 Å². The molecule has 0 saturated carbocycles. The number of ether oxygens (including phenoxy) is 1. The summed E-state index contributed by atoms with van der Waals surface area (Å²) in [5, 5.41) is 3.13. The van der Waals surface area contributed by atoms with Gasteiger partial charge in [-0.1, -0.05) is 18.2 Å². The summed E-state index contributed by atoms with van der Waals surface area (Å²) in [6.45, 7) is 0.740. The summed E-state index contributed by atoms with van der Waals surface area (Å²) in [7, 11) is 3.55. The number of nitrogens with one attached hydrogen (secondary N) is 1. The van der Waals surface area contributed by atoms with Gasteiger partial charge in [0.25, 0.3) is 0 Å². The topological polar surface area (TPSA) is 21.3 Å². The second kappa shape index (κ2) is 5.65. The molecule has 2 aromatic carbocycles. The predicted octanol–water partition coefficient (Wildman–Crippen LogP) is 3.22. The van der Waals surface area contributed by atoms with Gasteiger partial charge in [0.2, 0.25) is 0 Å². The SMILES string of the molecule is CNCc1cc(OC)ccc1-c1ccc(F)cc1. The molecule has 94 valence electrons. The number of hydrogen-bond acceptors (Lipinski definition) is 2. The minimum absolute atomic E-state index is 0.220. The molecule has 2 aromatic rings. The van der Waals surface area contributed by atoms with Crippen LogP contribution in [0.2, 0.25) is 0 Å². The van der Waals surface area contributed by atoms with Crippen molar-refractivity contribution in [3.63, 3.8) is 0 Å². The monoisotopic (exact) mass is 245 g/mol. The summed E-state index contributed by atoms with van der Waals surface area (Å²) in [5.74, 6) is 0.605. The molecule has 0 saturated heterocycles. The summed E-state index contributed by atoms with van der Waals surface area (Å²) in [5.41, 5.74) is 3.22. The van der Waals surface area contributed by atoms with Crippen molar-refractivity contribution in [2.24, 2.45) is 0 Å². The Morgan fingerprint density at radius 2 is 1.83 bits per heavy atom. The Kier molecular flexibility index (Phi) is 3.95. The molecule has 0 aliphatic carbocycles. The molecule has 0 aromatic heterocycles. The van der Waals surface area contributed by atoms with E-state index in [4.69, 9.17) is 4.74 Å². The van der Waals surface area contributed by atoms with Crippen LogP contribution in [0.15, 0.2) is 42.5 Å². The van der Waals surface area contributed by atoms with E-state index in [1.807, 2.05) is 25.2 Å². The van der Waals surface area contributed by atoms with E-state index in [-0.39, 0.29) is 5.82 Å². The number of rotatable bonds is 4. The molecule has 3 heteroatoms. The maximum Gasteiger partial charge on any atom is 0.123 e. The third-order valence-corrected chi connectivity index (χ3v) is 2.83. The lowest BCUT2D eigenvalue weighted by atomic mass is 9.99. The van der Waals surface area contributed by atoms with E-state index in [0.29, 0.717) is 0 Å². The fourth-order valence-corrected chi connectivity index (χ4v) is 1.94. The Morgan fingerprint density at radius 1 is 1.11 bits per heavy atom. The zero-order valence-electron chi connectivity index (χ0n) is 10.5. The van der Waals surface area contributed by atoms with Gasteiger partial charge in [0.15, 0.2) is 0 Å². The second-order valence-electron chi connectivity index (χ2n) is 4.06. The molecular formula is C15H16FNO. The number of halogens is 1. The van der Waals surface area contributed by atoms with Gasteiger partial charge >= 0.3 is 0 Å². The normalized spacial score (nSPS) is 10.4. The molecule has 0 radical (unpaired) electrons. The average Bonchev–Trinajstić information content (AvgIpc) is 2.40. The molecule has 0 unspecified atom stereocenters. The van der Waals surface area contributed by atoms with Gasteiger partial charge in [-0.05, 0) is 48.0 Å². The maximum atomic E-state index is 12.9. The molecule has 0 bridgehead atoms. The Bertz CT molecular complexity index is 523. The first-order chi connectivity index (χ1) is 8.74. The van der Waals surface area contributed by atoms with Crippen LogP contribution in [0.3, 0.4) is 0 Å². The summed E-state index contributed by atoms with van der Waals surface area (Å²) >= 11 is 0. The van der Waals surface area contributed by atoms with Crippen molar-refractivity contribution >= 4 is 0 Å². The standard InChI is InChI=1S/C15H16FNO/c1-17-10-12-9-14(18-2)7-8-15(12)11-3-5-13(16)6-4-11/h3-9,17H,10H2,1-2H3. The predicted molar refractivity (Wildman–Crippen MR) is 71.2 cm³/mol.